The van der Waals surface area contributed by atoms with Crippen LogP contribution >= 0.6 is 12.6 Å². The van der Waals surface area contributed by atoms with Crippen molar-refractivity contribution in [1.82, 2.24) is 9.80 Å². The fourth-order valence-electron chi connectivity index (χ4n) is 3.89. The molecule has 2 aliphatic heterocycles. The third-order valence-electron chi connectivity index (χ3n) is 5.50. The fraction of sp³-hybridized carbons (Fsp3) is 0.760. The van der Waals surface area contributed by atoms with E-state index in [0.29, 0.717) is 18.7 Å². The van der Waals surface area contributed by atoms with Crippen LogP contribution in [-0.4, -0.2) is 53.6 Å². The summed E-state index contributed by atoms with van der Waals surface area (Å²) in [5, 5.41) is 0. The highest BCUT2D eigenvalue weighted by Gasteiger charge is 2.29. The van der Waals surface area contributed by atoms with Crippen molar-refractivity contribution in [2.24, 2.45) is 5.92 Å². The largest absolute Gasteiger partial charge is 0.444 e. The summed E-state index contributed by atoms with van der Waals surface area (Å²) in [7, 11) is 0. The molecule has 2 rings (SSSR count). The van der Waals surface area contributed by atoms with E-state index in [-0.39, 0.29) is 17.9 Å². The van der Waals surface area contributed by atoms with Gasteiger partial charge in [-0.3, -0.25) is 4.79 Å². The van der Waals surface area contributed by atoms with Gasteiger partial charge in [0.2, 0.25) is 0 Å². The number of carbonyl (C=O) groups excluding carboxylic acids is 2. The first-order valence-corrected chi connectivity index (χ1v) is 12.5. The first kappa shape index (κ1) is 27.6. The lowest BCUT2D eigenvalue weighted by molar-refractivity contribution is -0.127. The second-order valence-electron chi connectivity index (χ2n) is 9.14. The molecule has 0 aromatic carbocycles. The molecule has 0 aromatic heterocycles. The average Bonchev–Trinajstić information content (AvgIpc) is 2.71. The molecule has 0 aromatic rings. The normalized spacial score (nSPS) is 21.5. The van der Waals surface area contributed by atoms with E-state index in [1.807, 2.05) is 58.6 Å². The van der Waals surface area contributed by atoms with Gasteiger partial charge < -0.3 is 14.5 Å². The topological polar surface area (TPSA) is 49.9 Å². The average molecular weight is 453 g/mol. The van der Waals surface area contributed by atoms with Crippen molar-refractivity contribution in [3.05, 3.63) is 22.6 Å². The summed E-state index contributed by atoms with van der Waals surface area (Å²) in [6.07, 6.45) is 11.2. The Kier molecular flexibility index (Phi) is 12.3. The number of piperidine rings is 1. The Morgan fingerprint density at radius 3 is 2.03 bits per heavy atom. The van der Waals surface area contributed by atoms with Gasteiger partial charge in [-0.25, -0.2) is 4.79 Å². The monoisotopic (exact) mass is 452 g/mol. The number of allylic oxidation sites excluding steroid dienone is 1. The lowest BCUT2D eigenvalue weighted by atomic mass is 9.96. The SMILES string of the molecule is C/C=C(\C=C(/S)C1CCCN(C(=O)OC(C)(C)C)C1)C(=O)N1CCCCCCC1.CC. The molecule has 0 radical (unpaired) electrons. The quantitative estimate of drug-likeness (QED) is 0.314. The molecular formula is C25H44N2O3S. The zero-order valence-corrected chi connectivity index (χ0v) is 21.5. The summed E-state index contributed by atoms with van der Waals surface area (Å²) in [5.74, 6) is 0.232. The van der Waals surface area contributed by atoms with Gasteiger partial charge in [-0.2, -0.15) is 0 Å². The Balaban J connectivity index is 0.00000233. The predicted octanol–water partition coefficient (Wildman–Crippen LogP) is 6.21. The molecule has 178 valence electrons. The van der Waals surface area contributed by atoms with Crippen molar-refractivity contribution in [2.45, 2.75) is 92.1 Å². The molecular weight excluding hydrogens is 408 g/mol. The fourth-order valence-corrected chi connectivity index (χ4v) is 4.24. The third kappa shape index (κ3) is 9.71. The molecule has 6 heteroatoms. The summed E-state index contributed by atoms with van der Waals surface area (Å²) in [6.45, 7) is 14.5. The number of likely N-dealkylation sites (tertiary alicyclic amines) is 2. The van der Waals surface area contributed by atoms with Crippen LogP contribution in [0.1, 0.15) is 86.5 Å². The Bertz CT molecular complexity index is 629. The zero-order valence-electron chi connectivity index (χ0n) is 20.6. The van der Waals surface area contributed by atoms with Gasteiger partial charge in [-0.05, 0) is 64.4 Å². The minimum absolute atomic E-state index is 0.0979. The zero-order chi connectivity index (χ0) is 23.4. The number of carbonyl (C=O) groups is 2. The Morgan fingerprint density at radius 2 is 1.48 bits per heavy atom. The van der Waals surface area contributed by atoms with Gasteiger partial charge in [0.05, 0.1) is 0 Å². The smallest absolute Gasteiger partial charge is 0.410 e. The highest BCUT2D eigenvalue weighted by atomic mass is 32.1. The second kappa shape index (κ2) is 13.9. The van der Waals surface area contributed by atoms with Crippen LogP contribution in [0.5, 0.6) is 0 Å². The van der Waals surface area contributed by atoms with E-state index in [1.165, 1.54) is 19.3 Å². The van der Waals surface area contributed by atoms with E-state index in [4.69, 9.17) is 17.4 Å². The van der Waals surface area contributed by atoms with Crippen LogP contribution in [0.2, 0.25) is 0 Å². The van der Waals surface area contributed by atoms with E-state index >= 15 is 0 Å². The molecule has 0 saturated carbocycles. The highest BCUT2D eigenvalue weighted by molar-refractivity contribution is 7.84. The number of rotatable bonds is 3. The number of nitrogens with zero attached hydrogens (tertiary/aromatic N) is 2. The van der Waals surface area contributed by atoms with Gasteiger partial charge in [-0.1, -0.05) is 39.2 Å². The van der Waals surface area contributed by atoms with Crippen molar-refractivity contribution in [2.75, 3.05) is 26.2 Å². The molecule has 2 fully saturated rings. The van der Waals surface area contributed by atoms with E-state index in [1.54, 1.807) is 4.90 Å². The molecule has 2 saturated heterocycles. The maximum absolute atomic E-state index is 13.0. The molecule has 1 unspecified atom stereocenters. The van der Waals surface area contributed by atoms with E-state index in [9.17, 15) is 9.59 Å². The van der Waals surface area contributed by atoms with Gasteiger partial charge in [0.15, 0.2) is 0 Å². The molecule has 2 heterocycles. The van der Waals surface area contributed by atoms with E-state index < -0.39 is 5.60 Å². The summed E-state index contributed by atoms with van der Waals surface area (Å²) >= 11 is 4.73. The molecule has 0 spiro atoms. The second-order valence-corrected chi connectivity index (χ2v) is 9.66. The molecule has 2 amide bonds. The molecule has 0 bridgehead atoms. The number of hydrogen-bond donors (Lipinski definition) is 1. The van der Waals surface area contributed by atoms with Crippen LogP contribution in [0, 0.1) is 5.92 Å². The number of thiol groups is 1. The molecule has 5 nitrogen and oxygen atoms in total. The highest BCUT2D eigenvalue weighted by Crippen LogP contribution is 2.28. The van der Waals surface area contributed by atoms with Crippen LogP contribution in [0.15, 0.2) is 22.6 Å². The Morgan fingerprint density at radius 1 is 0.935 bits per heavy atom. The maximum Gasteiger partial charge on any atom is 0.410 e. The maximum atomic E-state index is 13.0. The van der Waals surface area contributed by atoms with Crippen molar-refractivity contribution in [1.29, 1.82) is 0 Å². The van der Waals surface area contributed by atoms with Crippen molar-refractivity contribution >= 4 is 24.6 Å². The van der Waals surface area contributed by atoms with Crippen LogP contribution < -0.4 is 0 Å². The summed E-state index contributed by atoms with van der Waals surface area (Å²) in [5.41, 5.74) is 0.199. The van der Waals surface area contributed by atoms with Gasteiger partial charge in [0.25, 0.3) is 5.91 Å². The summed E-state index contributed by atoms with van der Waals surface area (Å²) < 4.78 is 5.52. The lowest BCUT2D eigenvalue weighted by Crippen LogP contribution is -2.43. The molecule has 31 heavy (non-hydrogen) atoms. The molecule has 2 aliphatic rings. The number of ether oxygens (including phenoxy) is 1. The Labute approximate surface area is 195 Å². The van der Waals surface area contributed by atoms with Gasteiger partial charge in [0, 0.05) is 37.7 Å². The minimum atomic E-state index is -0.500. The van der Waals surface area contributed by atoms with E-state index in [0.717, 1.165) is 43.7 Å². The standard InChI is InChI=1S/C23H38N2O3S.C2H6/c1-5-18(21(26)24-13-9-7-6-8-10-14-24)16-20(29)19-12-11-15-25(17-19)22(27)28-23(2,3)4;1-2/h5,16,19,29H,6-15,17H2,1-4H3;1-2H3/b18-5+,20-16-;. The predicted molar refractivity (Wildman–Crippen MR) is 132 cm³/mol. The third-order valence-corrected chi connectivity index (χ3v) is 5.99. The Hall–Kier alpha value is -1.43. The van der Waals surface area contributed by atoms with Gasteiger partial charge >= 0.3 is 6.09 Å². The first-order chi connectivity index (χ1) is 14.7. The number of hydrogen-bond acceptors (Lipinski definition) is 4. The van der Waals surface area contributed by atoms with Crippen LogP contribution in [-0.2, 0) is 9.53 Å². The summed E-state index contributed by atoms with van der Waals surface area (Å²) in [6, 6.07) is 0. The first-order valence-electron chi connectivity index (χ1n) is 12.1. The molecule has 0 aliphatic carbocycles. The van der Waals surface area contributed by atoms with Gasteiger partial charge in [0.1, 0.15) is 5.60 Å². The minimum Gasteiger partial charge on any atom is -0.444 e. The molecule has 1 atom stereocenters. The van der Waals surface area contributed by atoms with E-state index in [2.05, 4.69) is 0 Å². The van der Waals surface area contributed by atoms with Crippen molar-refractivity contribution in [3.8, 4) is 0 Å². The summed E-state index contributed by atoms with van der Waals surface area (Å²) in [4.78, 5) is 30.1. The lowest BCUT2D eigenvalue weighted by Gasteiger charge is -2.34. The van der Waals surface area contributed by atoms with Crippen molar-refractivity contribution in [3.63, 3.8) is 0 Å². The molecule has 0 N–H and O–H groups in total. The van der Waals surface area contributed by atoms with Crippen molar-refractivity contribution < 1.29 is 14.3 Å². The number of amides is 2. The van der Waals surface area contributed by atoms with Crippen LogP contribution in [0.3, 0.4) is 0 Å². The van der Waals surface area contributed by atoms with Crippen LogP contribution in [0.25, 0.3) is 0 Å². The van der Waals surface area contributed by atoms with Crippen LogP contribution in [0.4, 0.5) is 4.79 Å². The van der Waals surface area contributed by atoms with Gasteiger partial charge in [-0.15, -0.1) is 12.6 Å².